The summed E-state index contributed by atoms with van der Waals surface area (Å²) in [6.07, 6.45) is -0.0315. The Balaban J connectivity index is 2.99. The summed E-state index contributed by atoms with van der Waals surface area (Å²) in [6.45, 7) is -0.326. The topological polar surface area (TPSA) is 78.7 Å². The smallest absolute Gasteiger partial charge is 0.306 e. The van der Waals surface area contributed by atoms with E-state index in [4.69, 9.17) is 4.74 Å². The molecule has 6 nitrogen and oxygen atoms in total. The zero-order valence-corrected chi connectivity index (χ0v) is 12.2. The van der Waals surface area contributed by atoms with Crippen LogP contribution in [-0.2, 0) is 9.53 Å². The average molecular weight is 332 g/mol. The first-order valence-corrected chi connectivity index (χ1v) is 6.29. The van der Waals surface area contributed by atoms with Gasteiger partial charge in [-0.05, 0) is 33.6 Å². The van der Waals surface area contributed by atoms with Crippen LogP contribution in [0.3, 0.4) is 0 Å². The third-order valence-electron chi connectivity index (χ3n) is 2.66. The molecule has 0 amide bonds. The van der Waals surface area contributed by atoms with E-state index < -0.39 is 16.8 Å². The van der Waals surface area contributed by atoms with Gasteiger partial charge in [-0.3, -0.25) is 14.9 Å². The Hall–Kier alpha value is -1.63. The van der Waals surface area contributed by atoms with Crippen molar-refractivity contribution in [3.8, 4) is 5.75 Å². The number of ether oxygens (including phenoxy) is 2. The molecule has 1 atom stereocenters. The minimum absolute atomic E-state index is 0.0315. The molecule has 1 aromatic rings. The maximum Gasteiger partial charge on any atom is 0.306 e. The van der Waals surface area contributed by atoms with Gasteiger partial charge in [-0.15, -0.1) is 0 Å². The fourth-order valence-electron chi connectivity index (χ4n) is 1.69. The highest BCUT2D eigenvalue weighted by atomic mass is 79.9. The maximum atomic E-state index is 11.3. The molecule has 19 heavy (non-hydrogen) atoms. The summed E-state index contributed by atoms with van der Waals surface area (Å²) in [7, 11) is 2.79. The predicted molar refractivity (Wildman–Crippen MR) is 71.9 cm³/mol. The first-order valence-electron chi connectivity index (χ1n) is 5.50. The summed E-state index contributed by atoms with van der Waals surface area (Å²) in [5, 5.41) is 10.7. The molecule has 0 radical (unpaired) electrons. The quantitative estimate of drug-likeness (QED) is 0.454. The Kier molecular flexibility index (Phi) is 5.75. The average Bonchev–Trinajstić information content (AvgIpc) is 2.37. The van der Waals surface area contributed by atoms with E-state index in [-0.39, 0.29) is 13.0 Å². The van der Waals surface area contributed by atoms with Gasteiger partial charge >= 0.3 is 5.97 Å². The summed E-state index contributed by atoms with van der Waals surface area (Å²) in [4.78, 5) is 21.5. The summed E-state index contributed by atoms with van der Waals surface area (Å²) in [5.41, 5.74) is 0.690. The third kappa shape index (κ3) is 4.51. The van der Waals surface area contributed by atoms with Crippen LogP contribution >= 0.6 is 15.9 Å². The fourth-order valence-corrected chi connectivity index (χ4v) is 2.25. The Labute approximate surface area is 119 Å². The van der Waals surface area contributed by atoms with Crippen LogP contribution in [0.5, 0.6) is 5.75 Å². The Morgan fingerprint density at radius 1 is 1.47 bits per heavy atom. The molecule has 0 aliphatic rings. The van der Waals surface area contributed by atoms with Gasteiger partial charge in [-0.1, -0.05) is 6.07 Å². The molecular formula is C12H14BrNO5. The van der Waals surface area contributed by atoms with Crippen molar-refractivity contribution < 1.29 is 19.2 Å². The Morgan fingerprint density at radius 2 is 2.16 bits per heavy atom. The van der Waals surface area contributed by atoms with Crippen LogP contribution in [0.2, 0.25) is 0 Å². The van der Waals surface area contributed by atoms with Gasteiger partial charge in [0.2, 0.25) is 6.54 Å². The molecule has 0 bridgehead atoms. The van der Waals surface area contributed by atoms with E-state index in [0.717, 1.165) is 0 Å². The van der Waals surface area contributed by atoms with Crippen LogP contribution in [0.15, 0.2) is 22.7 Å². The molecule has 1 unspecified atom stereocenters. The lowest BCUT2D eigenvalue weighted by molar-refractivity contribution is -0.483. The second-order valence-electron chi connectivity index (χ2n) is 3.89. The van der Waals surface area contributed by atoms with Crippen LogP contribution in [-0.4, -0.2) is 31.7 Å². The molecule has 0 saturated heterocycles. The molecule has 0 aromatic heterocycles. The normalized spacial score (nSPS) is 11.7. The van der Waals surface area contributed by atoms with E-state index in [9.17, 15) is 14.9 Å². The molecule has 0 heterocycles. The SMILES string of the molecule is COC(=O)CC(C[N+](=O)[O-])c1ccc(OC)c(Br)c1. The van der Waals surface area contributed by atoms with Gasteiger partial charge in [0.1, 0.15) is 5.75 Å². The predicted octanol–water partition coefficient (Wildman–Crippen LogP) is 2.38. The van der Waals surface area contributed by atoms with E-state index >= 15 is 0 Å². The second kappa shape index (κ2) is 7.08. The number of esters is 1. The minimum Gasteiger partial charge on any atom is -0.496 e. The van der Waals surface area contributed by atoms with Gasteiger partial charge in [0.05, 0.1) is 31.0 Å². The van der Waals surface area contributed by atoms with E-state index in [2.05, 4.69) is 20.7 Å². The third-order valence-corrected chi connectivity index (χ3v) is 3.28. The molecule has 7 heteroatoms. The number of halogens is 1. The molecule has 0 saturated carbocycles. The molecule has 0 fully saturated rings. The highest BCUT2D eigenvalue weighted by molar-refractivity contribution is 9.10. The van der Waals surface area contributed by atoms with Gasteiger partial charge in [-0.2, -0.15) is 0 Å². The van der Waals surface area contributed by atoms with Crippen molar-refractivity contribution in [3.05, 3.63) is 38.3 Å². The van der Waals surface area contributed by atoms with Crippen molar-refractivity contribution in [2.75, 3.05) is 20.8 Å². The second-order valence-corrected chi connectivity index (χ2v) is 4.74. The van der Waals surface area contributed by atoms with Crippen LogP contribution in [0.4, 0.5) is 0 Å². The molecule has 1 aromatic carbocycles. The number of nitro groups is 1. The Morgan fingerprint density at radius 3 is 2.63 bits per heavy atom. The Bertz CT molecular complexity index is 477. The van der Waals surface area contributed by atoms with Gasteiger partial charge in [-0.25, -0.2) is 0 Å². The van der Waals surface area contributed by atoms with E-state index in [0.29, 0.717) is 15.8 Å². The highest BCUT2D eigenvalue weighted by Crippen LogP contribution is 2.30. The molecule has 104 valence electrons. The van der Waals surface area contributed by atoms with Crippen LogP contribution in [0.25, 0.3) is 0 Å². The van der Waals surface area contributed by atoms with Gasteiger partial charge < -0.3 is 9.47 Å². The molecule has 0 spiro atoms. The number of carbonyl (C=O) groups is 1. The summed E-state index contributed by atoms with van der Waals surface area (Å²) >= 11 is 3.31. The number of carbonyl (C=O) groups excluding carboxylic acids is 1. The molecule has 0 aliphatic carbocycles. The summed E-state index contributed by atoms with van der Waals surface area (Å²) < 4.78 is 10.3. The zero-order chi connectivity index (χ0) is 14.4. The van der Waals surface area contributed by atoms with Crippen LogP contribution in [0.1, 0.15) is 17.9 Å². The standard InChI is InChI=1S/C12H14BrNO5/c1-18-11-4-3-8(5-10(11)13)9(7-14(16)17)6-12(15)19-2/h3-5,9H,6-7H2,1-2H3. The van der Waals surface area contributed by atoms with Crippen molar-refractivity contribution in [1.82, 2.24) is 0 Å². The van der Waals surface area contributed by atoms with E-state index in [1.807, 2.05) is 0 Å². The molecular weight excluding hydrogens is 318 g/mol. The lowest BCUT2D eigenvalue weighted by Crippen LogP contribution is -2.17. The van der Waals surface area contributed by atoms with Crippen molar-refractivity contribution in [2.45, 2.75) is 12.3 Å². The lowest BCUT2D eigenvalue weighted by atomic mass is 9.96. The summed E-state index contributed by atoms with van der Waals surface area (Å²) in [5.74, 6) is -0.370. The van der Waals surface area contributed by atoms with Crippen molar-refractivity contribution in [3.63, 3.8) is 0 Å². The summed E-state index contributed by atoms with van der Waals surface area (Å²) in [6, 6.07) is 5.13. The minimum atomic E-state index is -0.523. The molecule has 0 N–H and O–H groups in total. The van der Waals surface area contributed by atoms with Crippen LogP contribution in [0, 0.1) is 10.1 Å². The first kappa shape index (κ1) is 15.4. The van der Waals surface area contributed by atoms with E-state index in [1.54, 1.807) is 18.2 Å². The highest BCUT2D eigenvalue weighted by Gasteiger charge is 2.22. The van der Waals surface area contributed by atoms with Crippen molar-refractivity contribution in [2.24, 2.45) is 0 Å². The number of methoxy groups -OCH3 is 2. The number of rotatable bonds is 6. The number of hydrogen-bond donors (Lipinski definition) is 0. The van der Waals surface area contributed by atoms with E-state index in [1.165, 1.54) is 14.2 Å². The van der Waals surface area contributed by atoms with Crippen LogP contribution < -0.4 is 4.74 Å². The number of hydrogen-bond acceptors (Lipinski definition) is 5. The van der Waals surface area contributed by atoms with Gasteiger partial charge in [0.25, 0.3) is 0 Å². The molecule has 1 rings (SSSR count). The number of nitrogens with zero attached hydrogens (tertiary/aromatic N) is 1. The maximum absolute atomic E-state index is 11.3. The first-order chi connectivity index (χ1) is 8.97. The monoisotopic (exact) mass is 331 g/mol. The number of benzene rings is 1. The molecule has 0 aliphatic heterocycles. The fraction of sp³-hybridized carbons (Fsp3) is 0.417. The van der Waals surface area contributed by atoms with Crippen molar-refractivity contribution >= 4 is 21.9 Å². The zero-order valence-electron chi connectivity index (χ0n) is 10.6. The van der Waals surface area contributed by atoms with Gasteiger partial charge in [0.15, 0.2) is 0 Å². The lowest BCUT2D eigenvalue weighted by Gasteiger charge is -2.13. The van der Waals surface area contributed by atoms with Crippen molar-refractivity contribution in [1.29, 1.82) is 0 Å². The largest absolute Gasteiger partial charge is 0.496 e. The van der Waals surface area contributed by atoms with Gasteiger partial charge in [0, 0.05) is 4.92 Å².